The molecular weight excluding hydrogens is 108 g/mol. The quantitative estimate of drug-likeness (QED) is 0.562. The van der Waals surface area contributed by atoms with Gasteiger partial charge in [-0.05, 0) is 6.42 Å². The first-order chi connectivity index (χ1) is 3.79. The fraction of sp³-hybridized carbons (Fsp3) is 0.800. The average molecular weight is 116 g/mol. The van der Waals surface area contributed by atoms with Gasteiger partial charge in [-0.1, -0.05) is 0 Å². The van der Waals surface area contributed by atoms with E-state index in [-0.39, 0.29) is 12.5 Å². The normalized spacial score (nSPS) is 26.8. The van der Waals surface area contributed by atoms with Crippen molar-refractivity contribution in [2.24, 2.45) is 0 Å². The molecular formula is C5H8O3. The summed E-state index contributed by atoms with van der Waals surface area (Å²) in [5.74, 6) is -0.769. The topological polar surface area (TPSA) is 46.5 Å². The number of carboxylic acids is 1. The molecule has 46 valence electrons. The van der Waals surface area contributed by atoms with Gasteiger partial charge in [0.15, 0.2) is 0 Å². The first kappa shape index (κ1) is 5.56. The Bertz CT molecular complexity index is 95.8. The van der Waals surface area contributed by atoms with E-state index < -0.39 is 5.97 Å². The molecule has 1 saturated heterocycles. The monoisotopic (exact) mass is 116 g/mol. The Labute approximate surface area is 47.3 Å². The fourth-order valence-corrected chi connectivity index (χ4v) is 0.640. The first-order valence-electron chi connectivity index (χ1n) is 2.62. The summed E-state index contributed by atoms with van der Waals surface area (Å²) in [7, 11) is 0. The minimum absolute atomic E-state index is 0.00694. The van der Waals surface area contributed by atoms with Crippen molar-refractivity contribution in [2.75, 3.05) is 6.61 Å². The van der Waals surface area contributed by atoms with Crippen molar-refractivity contribution in [3.63, 3.8) is 0 Å². The van der Waals surface area contributed by atoms with E-state index in [9.17, 15) is 4.79 Å². The fourth-order valence-electron chi connectivity index (χ4n) is 0.640. The number of hydrogen-bond donors (Lipinski definition) is 1. The van der Waals surface area contributed by atoms with E-state index in [1.54, 1.807) is 0 Å². The van der Waals surface area contributed by atoms with Gasteiger partial charge in [-0.2, -0.15) is 0 Å². The zero-order chi connectivity index (χ0) is 5.98. The van der Waals surface area contributed by atoms with Gasteiger partial charge in [-0.25, -0.2) is 0 Å². The molecule has 0 aromatic rings. The molecule has 0 unspecified atom stereocenters. The summed E-state index contributed by atoms with van der Waals surface area (Å²) in [4.78, 5) is 9.92. The third-order valence-electron chi connectivity index (χ3n) is 1.20. The van der Waals surface area contributed by atoms with Crippen molar-refractivity contribution in [3.8, 4) is 0 Å². The summed E-state index contributed by atoms with van der Waals surface area (Å²) in [6.45, 7) is 0.734. The van der Waals surface area contributed by atoms with Crippen LogP contribution in [-0.2, 0) is 9.53 Å². The van der Waals surface area contributed by atoms with Gasteiger partial charge in [-0.15, -0.1) is 0 Å². The van der Waals surface area contributed by atoms with Gasteiger partial charge in [0.05, 0.1) is 12.5 Å². The van der Waals surface area contributed by atoms with Crippen molar-refractivity contribution in [1.29, 1.82) is 0 Å². The smallest absolute Gasteiger partial charge is 0.305 e. The zero-order valence-electron chi connectivity index (χ0n) is 4.46. The molecule has 0 saturated carbocycles. The van der Waals surface area contributed by atoms with Crippen LogP contribution < -0.4 is 0 Å². The van der Waals surface area contributed by atoms with Gasteiger partial charge >= 0.3 is 5.97 Å². The van der Waals surface area contributed by atoms with Crippen LogP contribution in [0.2, 0.25) is 0 Å². The van der Waals surface area contributed by atoms with Crippen molar-refractivity contribution < 1.29 is 14.6 Å². The van der Waals surface area contributed by atoms with Crippen LogP contribution in [0.15, 0.2) is 0 Å². The SMILES string of the molecule is O=C(O)C[C@H]1CCO1. The lowest BCUT2D eigenvalue weighted by Crippen LogP contribution is -2.28. The molecule has 1 aliphatic heterocycles. The molecule has 0 spiro atoms. The Kier molecular flexibility index (Phi) is 1.48. The molecule has 8 heavy (non-hydrogen) atoms. The Morgan fingerprint density at radius 1 is 1.88 bits per heavy atom. The summed E-state index contributed by atoms with van der Waals surface area (Å²) in [5.41, 5.74) is 0. The van der Waals surface area contributed by atoms with E-state index in [2.05, 4.69) is 0 Å². The van der Waals surface area contributed by atoms with Crippen LogP contribution in [0.4, 0.5) is 0 Å². The molecule has 0 amide bonds. The maximum absolute atomic E-state index is 9.92. The van der Waals surface area contributed by atoms with Gasteiger partial charge < -0.3 is 9.84 Å². The molecule has 1 fully saturated rings. The third kappa shape index (κ3) is 1.20. The number of carbonyl (C=O) groups is 1. The number of carboxylic acid groups (broad SMARTS) is 1. The van der Waals surface area contributed by atoms with Crippen LogP contribution in [0.5, 0.6) is 0 Å². The second-order valence-electron chi connectivity index (χ2n) is 1.88. The largest absolute Gasteiger partial charge is 0.481 e. The predicted octanol–water partition coefficient (Wildman–Crippen LogP) is 0.250. The molecule has 0 aromatic carbocycles. The second kappa shape index (κ2) is 2.13. The Balaban J connectivity index is 2.09. The van der Waals surface area contributed by atoms with E-state index in [4.69, 9.17) is 9.84 Å². The van der Waals surface area contributed by atoms with E-state index in [0.717, 1.165) is 13.0 Å². The highest BCUT2D eigenvalue weighted by atomic mass is 16.5. The van der Waals surface area contributed by atoms with Crippen LogP contribution in [0.25, 0.3) is 0 Å². The van der Waals surface area contributed by atoms with Crippen LogP contribution in [0.3, 0.4) is 0 Å². The van der Waals surface area contributed by atoms with E-state index in [1.165, 1.54) is 0 Å². The highest BCUT2D eigenvalue weighted by Gasteiger charge is 2.20. The average Bonchev–Trinajstić information content (AvgIpc) is 1.55. The highest BCUT2D eigenvalue weighted by molar-refractivity contribution is 5.67. The van der Waals surface area contributed by atoms with Crippen LogP contribution in [0.1, 0.15) is 12.8 Å². The molecule has 3 heteroatoms. The minimum atomic E-state index is -0.769. The number of rotatable bonds is 2. The third-order valence-corrected chi connectivity index (χ3v) is 1.20. The molecule has 1 N–H and O–H groups in total. The van der Waals surface area contributed by atoms with Crippen molar-refractivity contribution in [3.05, 3.63) is 0 Å². The second-order valence-corrected chi connectivity index (χ2v) is 1.88. The van der Waals surface area contributed by atoms with Crippen molar-refractivity contribution >= 4 is 5.97 Å². The molecule has 0 aliphatic carbocycles. The molecule has 1 aliphatic rings. The maximum atomic E-state index is 9.92. The maximum Gasteiger partial charge on any atom is 0.305 e. The van der Waals surface area contributed by atoms with Gasteiger partial charge in [0.25, 0.3) is 0 Å². The van der Waals surface area contributed by atoms with E-state index in [1.807, 2.05) is 0 Å². The lowest BCUT2D eigenvalue weighted by atomic mass is 10.1. The summed E-state index contributed by atoms with van der Waals surface area (Å²) < 4.78 is 4.86. The van der Waals surface area contributed by atoms with Gasteiger partial charge in [0.1, 0.15) is 0 Å². The lowest BCUT2D eigenvalue weighted by molar-refractivity contribution is -0.144. The molecule has 0 radical (unpaired) electrons. The number of aliphatic carboxylic acids is 1. The van der Waals surface area contributed by atoms with Crippen LogP contribution >= 0.6 is 0 Å². The summed E-state index contributed by atoms with van der Waals surface area (Å²) in [6, 6.07) is 0. The van der Waals surface area contributed by atoms with Crippen molar-refractivity contribution in [2.45, 2.75) is 18.9 Å². The van der Waals surface area contributed by atoms with E-state index in [0.29, 0.717) is 0 Å². The molecule has 1 heterocycles. The van der Waals surface area contributed by atoms with Gasteiger partial charge in [0, 0.05) is 6.61 Å². The molecule has 3 nitrogen and oxygen atoms in total. The Morgan fingerprint density at radius 2 is 2.50 bits per heavy atom. The van der Waals surface area contributed by atoms with Gasteiger partial charge in [-0.3, -0.25) is 4.79 Å². The van der Waals surface area contributed by atoms with Crippen LogP contribution in [-0.4, -0.2) is 23.8 Å². The van der Waals surface area contributed by atoms with Gasteiger partial charge in [0.2, 0.25) is 0 Å². The molecule has 0 aromatic heterocycles. The zero-order valence-corrected chi connectivity index (χ0v) is 4.46. The summed E-state index contributed by atoms with van der Waals surface area (Å²) in [6.07, 6.45) is 1.08. The first-order valence-corrected chi connectivity index (χ1v) is 2.62. The summed E-state index contributed by atoms with van der Waals surface area (Å²) >= 11 is 0. The highest BCUT2D eigenvalue weighted by Crippen LogP contribution is 2.13. The summed E-state index contributed by atoms with van der Waals surface area (Å²) in [5, 5.41) is 8.17. The Morgan fingerprint density at radius 3 is 2.62 bits per heavy atom. The number of hydrogen-bond acceptors (Lipinski definition) is 2. The molecule has 1 atom stereocenters. The molecule has 1 rings (SSSR count). The van der Waals surface area contributed by atoms with Crippen molar-refractivity contribution in [1.82, 2.24) is 0 Å². The molecule has 0 bridgehead atoms. The lowest BCUT2D eigenvalue weighted by Gasteiger charge is -2.24. The van der Waals surface area contributed by atoms with Crippen LogP contribution in [0, 0.1) is 0 Å². The standard InChI is InChI=1S/C5H8O3/c6-5(7)3-4-1-2-8-4/h4H,1-3H2,(H,6,7)/t4-/m1/s1. The number of ether oxygens (including phenoxy) is 1. The minimum Gasteiger partial charge on any atom is -0.481 e. The van der Waals surface area contributed by atoms with E-state index >= 15 is 0 Å². The predicted molar refractivity (Wildman–Crippen MR) is 26.6 cm³/mol. The Hall–Kier alpha value is -0.570.